The topological polar surface area (TPSA) is 52.3 Å². The predicted octanol–water partition coefficient (Wildman–Crippen LogP) is 2.74. The zero-order valence-corrected chi connectivity index (χ0v) is 10.0. The van der Waals surface area contributed by atoms with E-state index in [-0.39, 0.29) is 5.75 Å². The van der Waals surface area contributed by atoms with Gasteiger partial charge in [0.2, 0.25) is 5.91 Å². The number of benzene rings is 1. The van der Waals surface area contributed by atoms with Crippen molar-refractivity contribution in [3.05, 3.63) is 29.8 Å². The number of carbonyl (C=O) groups is 1. The lowest BCUT2D eigenvalue weighted by atomic mass is 9.79. The average molecular weight is 261 g/mol. The highest BCUT2D eigenvalue weighted by molar-refractivity contribution is 5.86. The molecule has 1 atom stereocenters. The third kappa shape index (κ3) is 3.15. The molecule has 0 aromatic heterocycles. The van der Waals surface area contributed by atoms with Crippen LogP contribution in [0.3, 0.4) is 0 Å². The van der Waals surface area contributed by atoms with E-state index in [1.54, 1.807) is 19.9 Å². The Hall–Kier alpha value is -1.72. The van der Waals surface area contributed by atoms with Crippen LogP contribution >= 0.6 is 0 Å². The highest BCUT2D eigenvalue weighted by Crippen LogP contribution is 2.31. The van der Waals surface area contributed by atoms with Crippen molar-refractivity contribution in [3.8, 4) is 5.75 Å². The molecule has 1 amide bonds. The van der Waals surface area contributed by atoms with Crippen LogP contribution in [0, 0.1) is 0 Å². The predicted molar refractivity (Wildman–Crippen MR) is 60.0 cm³/mol. The highest BCUT2D eigenvalue weighted by atomic mass is 19.4. The number of hydrogen-bond donors (Lipinski definition) is 1. The van der Waals surface area contributed by atoms with Crippen LogP contribution in [-0.2, 0) is 10.2 Å². The van der Waals surface area contributed by atoms with Crippen molar-refractivity contribution < 1.29 is 22.7 Å². The number of carbonyl (C=O) groups excluding carboxylic acids is 1. The van der Waals surface area contributed by atoms with E-state index < -0.39 is 17.7 Å². The van der Waals surface area contributed by atoms with Crippen molar-refractivity contribution in [2.24, 2.45) is 5.73 Å². The normalized spacial score (nSPS) is 14.9. The summed E-state index contributed by atoms with van der Waals surface area (Å²) >= 11 is 0. The maximum absolute atomic E-state index is 12.1. The third-order valence-corrected chi connectivity index (χ3v) is 2.96. The first kappa shape index (κ1) is 14.3. The fourth-order valence-electron chi connectivity index (χ4n) is 1.56. The quantitative estimate of drug-likeness (QED) is 0.906. The molecule has 0 aliphatic heterocycles. The lowest BCUT2D eigenvalue weighted by Gasteiger charge is -2.25. The molecule has 0 radical (unpaired) electrons. The molecule has 0 aliphatic carbocycles. The van der Waals surface area contributed by atoms with Gasteiger partial charge in [-0.05, 0) is 31.0 Å². The summed E-state index contributed by atoms with van der Waals surface area (Å²) in [5, 5.41) is 0. The van der Waals surface area contributed by atoms with Gasteiger partial charge in [0.25, 0.3) is 0 Å². The Morgan fingerprint density at radius 3 is 2.44 bits per heavy atom. The van der Waals surface area contributed by atoms with E-state index in [2.05, 4.69) is 4.74 Å². The SMILES string of the molecule is CCC(C)(C(N)=O)c1cccc(OC(F)(F)F)c1. The van der Waals surface area contributed by atoms with Gasteiger partial charge >= 0.3 is 6.36 Å². The van der Waals surface area contributed by atoms with Crippen LogP contribution in [0.4, 0.5) is 13.2 Å². The van der Waals surface area contributed by atoms with Crippen LogP contribution in [0.1, 0.15) is 25.8 Å². The van der Waals surface area contributed by atoms with Gasteiger partial charge in [0.1, 0.15) is 5.75 Å². The summed E-state index contributed by atoms with van der Waals surface area (Å²) in [6.07, 6.45) is -4.37. The maximum atomic E-state index is 12.1. The van der Waals surface area contributed by atoms with Crippen molar-refractivity contribution >= 4 is 5.91 Å². The van der Waals surface area contributed by atoms with Gasteiger partial charge < -0.3 is 10.5 Å². The Balaban J connectivity index is 3.12. The summed E-state index contributed by atoms with van der Waals surface area (Å²) in [7, 11) is 0. The van der Waals surface area contributed by atoms with Crippen molar-refractivity contribution in [3.63, 3.8) is 0 Å². The molecule has 100 valence electrons. The van der Waals surface area contributed by atoms with Gasteiger partial charge in [0, 0.05) is 0 Å². The summed E-state index contributed by atoms with van der Waals surface area (Å²) in [4.78, 5) is 11.4. The molecule has 0 saturated carbocycles. The molecule has 0 bridgehead atoms. The van der Waals surface area contributed by atoms with E-state index in [4.69, 9.17) is 5.73 Å². The van der Waals surface area contributed by atoms with Crippen LogP contribution in [0.15, 0.2) is 24.3 Å². The fraction of sp³-hybridized carbons (Fsp3) is 0.417. The Labute approximate surface area is 103 Å². The molecule has 2 N–H and O–H groups in total. The van der Waals surface area contributed by atoms with Gasteiger partial charge in [-0.25, -0.2) is 0 Å². The molecule has 1 aromatic carbocycles. The number of amides is 1. The largest absolute Gasteiger partial charge is 0.573 e. The van der Waals surface area contributed by atoms with Crippen molar-refractivity contribution in [2.75, 3.05) is 0 Å². The molecule has 0 heterocycles. The number of hydrogen-bond acceptors (Lipinski definition) is 2. The zero-order valence-electron chi connectivity index (χ0n) is 10.0. The van der Waals surface area contributed by atoms with E-state index in [0.717, 1.165) is 0 Å². The average Bonchev–Trinajstić information content (AvgIpc) is 2.25. The molecule has 0 saturated heterocycles. The summed E-state index contributed by atoms with van der Waals surface area (Å²) in [6.45, 7) is 3.32. The fourth-order valence-corrected chi connectivity index (χ4v) is 1.56. The second-order valence-corrected chi connectivity index (χ2v) is 4.13. The van der Waals surface area contributed by atoms with Gasteiger partial charge in [-0.1, -0.05) is 19.1 Å². The molecule has 1 rings (SSSR count). The van der Waals surface area contributed by atoms with E-state index in [1.807, 2.05) is 0 Å². The Kier molecular flexibility index (Phi) is 3.88. The summed E-state index contributed by atoms with van der Waals surface area (Å²) in [5.74, 6) is -0.949. The number of rotatable bonds is 4. The van der Waals surface area contributed by atoms with Crippen LogP contribution in [-0.4, -0.2) is 12.3 Å². The minimum absolute atomic E-state index is 0.360. The second-order valence-electron chi connectivity index (χ2n) is 4.13. The molecule has 0 fully saturated rings. The maximum Gasteiger partial charge on any atom is 0.573 e. The highest BCUT2D eigenvalue weighted by Gasteiger charge is 2.34. The molecule has 3 nitrogen and oxygen atoms in total. The van der Waals surface area contributed by atoms with E-state index in [1.165, 1.54) is 18.2 Å². The molecule has 1 unspecified atom stereocenters. The first-order valence-corrected chi connectivity index (χ1v) is 5.35. The monoisotopic (exact) mass is 261 g/mol. The third-order valence-electron chi connectivity index (χ3n) is 2.96. The minimum atomic E-state index is -4.76. The van der Waals surface area contributed by atoms with Crippen molar-refractivity contribution in [2.45, 2.75) is 32.0 Å². The molecule has 0 aliphatic rings. The first-order chi connectivity index (χ1) is 8.19. The van der Waals surface area contributed by atoms with Crippen LogP contribution in [0.2, 0.25) is 0 Å². The van der Waals surface area contributed by atoms with Crippen LogP contribution < -0.4 is 10.5 Å². The number of alkyl halides is 3. The summed E-state index contributed by atoms with van der Waals surface area (Å²) in [5.41, 5.74) is 4.68. The minimum Gasteiger partial charge on any atom is -0.406 e. The van der Waals surface area contributed by atoms with Crippen molar-refractivity contribution in [1.29, 1.82) is 0 Å². The van der Waals surface area contributed by atoms with Gasteiger partial charge in [0.15, 0.2) is 0 Å². The second kappa shape index (κ2) is 4.88. The summed E-state index contributed by atoms with van der Waals surface area (Å²) in [6, 6.07) is 5.31. The van der Waals surface area contributed by atoms with Crippen LogP contribution in [0.25, 0.3) is 0 Å². The summed E-state index contributed by atoms with van der Waals surface area (Å²) < 4.78 is 40.1. The number of primary amides is 1. The zero-order chi connectivity index (χ0) is 14.0. The van der Waals surface area contributed by atoms with Gasteiger partial charge in [0.05, 0.1) is 5.41 Å². The molecular formula is C12H14F3NO2. The number of ether oxygens (including phenoxy) is 1. The standard InChI is InChI=1S/C12H14F3NO2/c1-3-11(2,10(16)17)8-5-4-6-9(7-8)18-12(13,14)15/h4-7H,3H2,1-2H3,(H2,16,17). The number of nitrogens with two attached hydrogens (primary N) is 1. The molecule has 0 spiro atoms. The lowest BCUT2D eigenvalue weighted by Crippen LogP contribution is -2.37. The van der Waals surface area contributed by atoms with E-state index in [9.17, 15) is 18.0 Å². The Morgan fingerprint density at radius 1 is 1.39 bits per heavy atom. The smallest absolute Gasteiger partial charge is 0.406 e. The molecule has 1 aromatic rings. The number of halogens is 3. The Morgan fingerprint density at radius 2 is 2.00 bits per heavy atom. The van der Waals surface area contributed by atoms with Crippen molar-refractivity contribution in [1.82, 2.24) is 0 Å². The first-order valence-electron chi connectivity index (χ1n) is 5.35. The van der Waals surface area contributed by atoms with Gasteiger partial charge in [-0.3, -0.25) is 4.79 Å². The van der Waals surface area contributed by atoms with Crippen LogP contribution in [0.5, 0.6) is 5.75 Å². The molecule has 6 heteroatoms. The van der Waals surface area contributed by atoms with E-state index >= 15 is 0 Å². The molecule has 18 heavy (non-hydrogen) atoms. The Bertz CT molecular complexity index is 445. The lowest BCUT2D eigenvalue weighted by molar-refractivity contribution is -0.274. The van der Waals surface area contributed by atoms with E-state index in [0.29, 0.717) is 12.0 Å². The molecular weight excluding hydrogens is 247 g/mol. The van der Waals surface area contributed by atoms with Gasteiger partial charge in [-0.15, -0.1) is 13.2 Å². The van der Waals surface area contributed by atoms with Gasteiger partial charge in [-0.2, -0.15) is 0 Å².